The van der Waals surface area contributed by atoms with E-state index in [-0.39, 0.29) is 11.4 Å². The molecular weight excluding hydrogens is 370 g/mol. The van der Waals surface area contributed by atoms with Crippen LogP contribution >= 0.6 is 0 Å². The van der Waals surface area contributed by atoms with Gasteiger partial charge in [-0.3, -0.25) is 4.79 Å². The third-order valence-electron chi connectivity index (χ3n) is 6.37. The van der Waals surface area contributed by atoms with Crippen molar-refractivity contribution in [2.24, 2.45) is 5.73 Å². The predicted octanol–water partition coefficient (Wildman–Crippen LogP) is 6.29. The Morgan fingerprint density at radius 3 is 1.87 bits per heavy atom. The topological polar surface area (TPSA) is 58.4 Å². The van der Waals surface area contributed by atoms with E-state index in [2.05, 4.69) is 33.0 Å². The van der Waals surface area contributed by atoms with E-state index in [4.69, 9.17) is 5.73 Å². The number of hydrogen-bond donors (Lipinski definition) is 2. The number of nitrogens with zero attached hydrogens (tertiary/aromatic N) is 1. The van der Waals surface area contributed by atoms with E-state index in [9.17, 15) is 4.79 Å². The standard InChI is InChI=1S/C26H47N3O/c1-7-9-10-11-12-13-14-15-21-26(20-8-2,25(3,4)27)28-24(30)22-16-18-23(19-17-22)29(5)6/h16-19H,7-15,20-21,27H2,1-6H3,(H,28,30). The minimum absolute atomic E-state index is 0.0214. The van der Waals surface area contributed by atoms with E-state index >= 15 is 0 Å². The van der Waals surface area contributed by atoms with Gasteiger partial charge in [0.05, 0.1) is 5.54 Å². The monoisotopic (exact) mass is 417 g/mol. The fourth-order valence-electron chi connectivity index (χ4n) is 4.24. The van der Waals surface area contributed by atoms with E-state index in [1.54, 1.807) is 0 Å². The maximum Gasteiger partial charge on any atom is 0.251 e. The molecule has 1 rings (SSSR count). The smallest absolute Gasteiger partial charge is 0.251 e. The number of hydrogen-bond acceptors (Lipinski definition) is 3. The van der Waals surface area contributed by atoms with E-state index in [1.807, 2.05) is 43.3 Å². The molecule has 0 spiro atoms. The summed E-state index contributed by atoms with van der Waals surface area (Å²) in [6.45, 7) is 8.55. The van der Waals surface area contributed by atoms with Gasteiger partial charge in [-0.25, -0.2) is 0 Å². The van der Waals surface area contributed by atoms with Gasteiger partial charge >= 0.3 is 0 Å². The SMILES string of the molecule is CCCCCCCCCCC(CCC)(NC(=O)c1ccc(N(C)C)cc1)C(C)(C)N. The summed E-state index contributed by atoms with van der Waals surface area (Å²) in [5, 5.41) is 3.38. The zero-order valence-corrected chi connectivity index (χ0v) is 20.5. The van der Waals surface area contributed by atoms with Crippen molar-refractivity contribution < 1.29 is 4.79 Å². The Labute approximate surface area is 186 Å². The van der Waals surface area contributed by atoms with Crippen LogP contribution in [0.3, 0.4) is 0 Å². The van der Waals surface area contributed by atoms with Crippen LogP contribution in [0, 0.1) is 0 Å². The molecule has 30 heavy (non-hydrogen) atoms. The number of carbonyl (C=O) groups is 1. The molecule has 4 nitrogen and oxygen atoms in total. The number of rotatable bonds is 15. The number of nitrogens with one attached hydrogen (secondary N) is 1. The predicted molar refractivity (Wildman–Crippen MR) is 131 cm³/mol. The minimum atomic E-state index is -0.483. The van der Waals surface area contributed by atoms with Crippen molar-refractivity contribution in [2.45, 2.75) is 109 Å². The Morgan fingerprint density at radius 1 is 0.867 bits per heavy atom. The van der Waals surface area contributed by atoms with Crippen molar-refractivity contribution in [1.29, 1.82) is 0 Å². The summed E-state index contributed by atoms with van der Waals surface area (Å²) < 4.78 is 0. The Hall–Kier alpha value is -1.55. The van der Waals surface area contributed by atoms with Gasteiger partial charge in [-0.05, 0) is 51.0 Å². The molecule has 1 aromatic rings. The van der Waals surface area contributed by atoms with Gasteiger partial charge in [-0.1, -0.05) is 71.6 Å². The molecule has 0 saturated heterocycles. The molecule has 172 valence electrons. The lowest BCUT2D eigenvalue weighted by atomic mass is 9.73. The highest BCUT2D eigenvalue weighted by Crippen LogP contribution is 2.32. The van der Waals surface area contributed by atoms with Gasteiger partial charge in [0.25, 0.3) is 5.91 Å². The molecule has 0 aromatic heterocycles. The van der Waals surface area contributed by atoms with Crippen LogP contribution in [0.25, 0.3) is 0 Å². The first kappa shape index (κ1) is 26.5. The maximum absolute atomic E-state index is 13.1. The van der Waals surface area contributed by atoms with Crippen LogP contribution in [0.4, 0.5) is 5.69 Å². The summed E-state index contributed by atoms with van der Waals surface area (Å²) in [4.78, 5) is 15.2. The zero-order valence-electron chi connectivity index (χ0n) is 20.5. The van der Waals surface area contributed by atoms with Gasteiger partial charge in [-0.2, -0.15) is 0 Å². The van der Waals surface area contributed by atoms with Crippen LogP contribution in [0.15, 0.2) is 24.3 Å². The Kier molecular flexibility index (Phi) is 11.5. The number of anilines is 1. The lowest BCUT2D eigenvalue weighted by Gasteiger charge is -2.46. The number of unbranched alkanes of at least 4 members (excludes halogenated alkanes) is 7. The highest BCUT2D eigenvalue weighted by molar-refractivity contribution is 5.95. The molecule has 0 saturated carbocycles. The molecule has 0 aliphatic rings. The van der Waals surface area contributed by atoms with Crippen molar-refractivity contribution in [1.82, 2.24) is 5.32 Å². The highest BCUT2D eigenvalue weighted by atomic mass is 16.1. The zero-order chi connectivity index (χ0) is 22.6. The molecular formula is C26H47N3O. The van der Waals surface area contributed by atoms with Crippen molar-refractivity contribution in [3.63, 3.8) is 0 Å². The number of amides is 1. The van der Waals surface area contributed by atoms with Gasteiger partial charge < -0.3 is 16.0 Å². The van der Waals surface area contributed by atoms with E-state index in [0.717, 1.165) is 31.4 Å². The van der Waals surface area contributed by atoms with Crippen molar-refractivity contribution in [3.8, 4) is 0 Å². The fraction of sp³-hybridized carbons (Fsp3) is 0.731. The fourth-order valence-corrected chi connectivity index (χ4v) is 4.24. The Balaban J connectivity index is 2.77. The Bertz CT molecular complexity index is 604. The first-order valence-corrected chi connectivity index (χ1v) is 12.1. The Morgan fingerprint density at radius 2 is 1.40 bits per heavy atom. The second-order valence-corrected chi connectivity index (χ2v) is 9.67. The maximum atomic E-state index is 13.1. The molecule has 3 N–H and O–H groups in total. The van der Waals surface area contributed by atoms with Gasteiger partial charge in [0.15, 0.2) is 0 Å². The first-order valence-electron chi connectivity index (χ1n) is 12.1. The first-order chi connectivity index (χ1) is 14.2. The average molecular weight is 418 g/mol. The summed E-state index contributed by atoms with van der Waals surface area (Å²) in [5.41, 5.74) is 7.58. The quantitative estimate of drug-likeness (QED) is 0.330. The van der Waals surface area contributed by atoms with Crippen LogP contribution in [0.1, 0.15) is 109 Å². The number of carbonyl (C=O) groups excluding carboxylic acids is 1. The van der Waals surface area contributed by atoms with E-state index in [0.29, 0.717) is 5.56 Å². The van der Waals surface area contributed by atoms with E-state index < -0.39 is 5.54 Å². The second-order valence-electron chi connectivity index (χ2n) is 9.67. The summed E-state index contributed by atoms with van der Waals surface area (Å²) >= 11 is 0. The van der Waals surface area contributed by atoms with Gasteiger partial charge in [-0.15, -0.1) is 0 Å². The molecule has 0 radical (unpaired) electrons. The number of benzene rings is 1. The molecule has 0 fully saturated rings. The molecule has 0 aliphatic heterocycles. The summed E-state index contributed by atoms with van der Waals surface area (Å²) in [6, 6.07) is 7.79. The van der Waals surface area contributed by atoms with E-state index in [1.165, 1.54) is 44.9 Å². The van der Waals surface area contributed by atoms with Crippen LogP contribution in [-0.2, 0) is 0 Å². The molecule has 1 aromatic carbocycles. The molecule has 0 aliphatic carbocycles. The minimum Gasteiger partial charge on any atom is -0.378 e. The summed E-state index contributed by atoms with van der Waals surface area (Å²) in [5.74, 6) is -0.0214. The third-order valence-corrected chi connectivity index (χ3v) is 6.37. The molecule has 1 atom stereocenters. The largest absolute Gasteiger partial charge is 0.378 e. The summed E-state index contributed by atoms with van der Waals surface area (Å²) in [7, 11) is 4.00. The molecule has 4 heteroatoms. The van der Waals surface area contributed by atoms with Gasteiger partial charge in [0, 0.05) is 30.9 Å². The lowest BCUT2D eigenvalue weighted by Crippen LogP contribution is -2.66. The molecule has 1 amide bonds. The molecule has 0 bridgehead atoms. The second kappa shape index (κ2) is 13.0. The van der Waals surface area contributed by atoms with Crippen LogP contribution in [0.2, 0.25) is 0 Å². The van der Waals surface area contributed by atoms with Crippen molar-refractivity contribution >= 4 is 11.6 Å². The summed E-state index contributed by atoms with van der Waals surface area (Å²) in [6.07, 6.45) is 13.1. The lowest BCUT2D eigenvalue weighted by molar-refractivity contribution is 0.0806. The number of nitrogens with two attached hydrogens (primary N) is 1. The van der Waals surface area contributed by atoms with Gasteiger partial charge in [0.1, 0.15) is 0 Å². The third kappa shape index (κ3) is 8.29. The molecule has 1 unspecified atom stereocenters. The highest BCUT2D eigenvalue weighted by Gasteiger charge is 2.42. The molecule has 0 heterocycles. The normalized spacial score (nSPS) is 13.7. The van der Waals surface area contributed by atoms with Crippen molar-refractivity contribution in [2.75, 3.05) is 19.0 Å². The van der Waals surface area contributed by atoms with Crippen LogP contribution in [-0.4, -0.2) is 31.1 Å². The average Bonchev–Trinajstić information content (AvgIpc) is 2.69. The van der Waals surface area contributed by atoms with Crippen molar-refractivity contribution in [3.05, 3.63) is 29.8 Å². The van der Waals surface area contributed by atoms with Gasteiger partial charge in [0.2, 0.25) is 0 Å². The van der Waals surface area contributed by atoms with Crippen LogP contribution in [0.5, 0.6) is 0 Å². The van der Waals surface area contributed by atoms with Crippen LogP contribution < -0.4 is 16.0 Å².